The van der Waals surface area contributed by atoms with Crippen molar-refractivity contribution >= 4 is 0 Å². The highest BCUT2D eigenvalue weighted by Gasteiger charge is 2.57. The van der Waals surface area contributed by atoms with Crippen LogP contribution in [0.25, 0.3) is 11.1 Å². The first-order valence-corrected chi connectivity index (χ1v) is 10.8. The van der Waals surface area contributed by atoms with Gasteiger partial charge in [0.05, 0.1) is 0 Å². The number of benzene rings is 2. The maximum Gasteiger partial charge on any atom is 0.0216 e. The first-order chi connectivity index (χ1) is 13.8. The van der Waals surface area contributed by atoms with Gasteiger partial charge in [0.15, 0.2) is 0 Å². The number of fused-ring (bicyclic) bond motifs is 10. The molecule has 2 aromatic carbocycles. The van der Waals surface area contributed by atoms with Crippen molar-refractivity contribution in [3.05, 3.63) is 106 Å². The van der Waals surface area contributed by atoms with E-state index < -0.39 is 0 Å². The summed E-state index contributed by atoms with van der Waals surface area (Å²) in [5, 5.41) is 0. The number of rotatable bonds is 3. The third kappa shape index (κ3) is 1.50. The van der Waals surface area contributed by atoms with Crippen LogP contribution in [0.5, 0.6) is 0 Å². The number of hydrogen-bond donors (Lipinski definition) is 0. The van der Waals surface area contributed by atoms with Crippen LogP contribution in [0.2, 0.25) is 0 Å². The predicted molar refractivity (Wildman–Crippen MR) is 114 cm³/mol. The summed E-state index contributed by atoms with van der Waals surface area (Å²) in [6.45, 7) is 0. The quantitative estimate of drug-likeness (QED) is 0.417. The Morgan fingerprint density at radius 2 is 1.93 bits per heavy atom. The molecule has 6 bridgehead atoms. The topological polar surface area (TPSA) is 0 Å². The standard InChI is InChI=1S/C28H22/c1-2-8-28(16-21(28)3-1)24-14-20-13-23(25(20)22-5-4-18-11-19(22)12-18)26(24)27-9-6-17(15-27)7-10-27/h1-9,11,14,21H,10,12-13,15-16H2. The molecule has 8 aliphatic rings. The molecule has 10 rings (SSSR count). The van der Waals surface area contributed by atoms with Crippen LogP contribution in [0.1, 0.15) is 52.6 Å². The molecule has 0 N–H and O–H groups in total. The molecule has 0 saturated heterocycles. The van der Waals surface area contributed by atoms with Gasteiger partial charge in [-0.3, -0.25) is 0 Å². The van der Waals surface area contributed by atoms with Gasteiger partial charge < -0.3 is 0 Å². The van der Waals surface area contributed by atoms with Crippen LogP contribution in [-0.4, -0.2) is 0 Å². The molecule has 0 heterocycles. The highest BCUT2D eigenvalue weighted by atomic mass is 14.6. The fourth-order valence-electron chi connectivity index (χ4n) is 6.88. The fourth-order valence-corrected chi connectivity index (χ4v) is 6.88. The van der Waals surface area contributed by atoms with Crippen LogP contribution in [0.4, 0.5) is 0 Å². The molecule has 2 aromatic rings. The largest absolute Gasteiger partial charge is 0.0802 e. The van der Waals surface area contributed by atoms with Crippen LogP contribution in [0, 0.1) is 5.92 Å². The summed E-state index contributed by atoms with van der Waals surface area (Å²) in [4.78, 5) is 0. The minimum atomic E-state index is 0.231. The maximum atomic E-state index is 2.62. The van der Waals surface area contributed by atoms with E-state index in [1.807, 2.05) is 0 Å². The van der Waals surface area contributed by atoms with Gasteiger partial charge in [-0.2, -0.15) is 0 Å². The van der Waals surface area contributed by atoms with Gasteiger partial charge in [-0.1, -0.05) is 72.4 Å². The van der Waals surface area contributed by atoms with E-state index in [0.717, 1.165) is 0 Å². The summed E-state index contributed by atoms with van der Waals surface area (Å²) in [7, 11) is 0. The molecule has 1 saturated carbocycles. The highest BCUT2D eigenvalue weighted by Crippen LogP contribution is 2.64. The van der Waals surface area contributed by atoms with Gasteiger partial charge in [0.2, 0.25) is 0 Å². The molecular formula is C28H22. The summed E-state index contributed by atoms with van der Waals surface area (Å²) in [6, 6.07) is 9.75. The molecule has 28 heavy (non-hydrogen) atoms. The predicted octanol–water partition coefficient (Wildman–Crippen LogP) is 6.07. The zero-order valence-corrected chi connectivity index (χ0v) is 16.0. The Labute approximate surface area is 166 Å². The van der Waals surface area contributed by atoms with Crippen molar-refractivity contribution in [2.45, 2.75) is 42.9 Å². The Hall–Kier alpha value is -2.60. The van der Waals surface area contributed by atoms with E-state index in [1.165, 1.54) is 43.2 Å². The monoisotopic (exact) mass is 358 g/mol. The summed E-state index contributed by atoms with van der Waals surface area (Å²) < 4.78 is 0. The normalized spacial score (nSPS) is 33.4. The lowest BCUT2D eigenvalue weighted by Gasteiger charge is -2.40. The van der Waals surface area contributed by atoms with Crippen molar-refractivity contribution < 1.29 is 0 Å². The van der Waals surface area contributed by atoms with Gasteiger partial charge in [-0.25, -0.2) is 0 Å². The summed E-state index contributed by atoms with van der Waals surface area (Å²) in [6.07, 6.45) is 23.0. The number of allylic oxidation sites excluding steroid dienone is 8. The van der Waals surface area contributed by atoms with Gasteiger partial charge in [0, 0.05) is 10.8 Å². The van der Waals surface area contributed by atoms with Crippen LogP contribution in [-0.2, 0) is 23.7 Å². The first kappa shape index (κ1) is 14.4. The zero-order valence-electron chi connectivity index (χ0n) is 16.0. The molecule has 0 aliphatic heterocycles. The van der Waals surface area contributed by atoms with E-state index in [0.29, 0.717) is 5.92 Å². The Morgan fingerprint density at radius 3 is 2.64 bits per heavy atom. The van der Waals surface area contributed by atoms with Crippen molar-refractivity contribution in [1.29, 1.82) is 0 Å². The van der Waals surface area contributed by atoms with E-state index in [1.54, 1.807) is 39.0 Å². The van der Waals surface area contributed by atoms with Crippen LogP contribution >= 0.6 is 0 Å². The maximum absolute atomic E-state index is 2.62. The molecule has 0 spiro atoms. The van der Waals surface area contributed by atoms with Crippen molar-refractivity contribution in [1.82, 2.24) is 0 Å². The van der Waals surface area contributed by atoms with E-state index in [-0.39, 0.29) is 10.8 Å². The molecule has 3 unspecified atom stereocenters. The van der Waals surface area contributed by atoms with Gasteiger partial charge in [-0.05, 0) is 82.5 Å². The minimum Gasteiger partial charge on any atom is -0.0802 e. The first-order valence-electron chi connectivity index (χ1n) is 10.8. The lowest BCUT2D eigenvalue weighted by molar-refractivity contribution is 0.565. The molecule has 3 atom stereocenters. The van der Waals surface area contributed by atoms with E-state index >= 15 is 0 Å². The van der Waals surface area contributed by atoms with E-state index in [4.69, 9.17) is 0 Å². The second kappa shape index (κ2) is 4.35. The van der Waals surface area contributed by atoms with Crippen LogP contribution in [0.15, 0.2) is 72.4 Å². The Kier molecular flexibility index (Phi) is 2.24. The average Bonchev–Trinajstić information content (AvgIpc) is 3.11. The lowest BCUT2D eigenvalue weighted by Crippen LogP contribution is -2.30. The number of hydrogen-bond acceptors (Lipinski definition) is 0. The molecule has 1 fully saturated rings. The van der Waals surface area contributed by atoms with Crippen molar-refractivity contribution in [3.63, 3.8) is 0 Å². The third-order valence-corrected chi connectivity index (χ3v) is 8.48. The van der Waals surface area contributed by atoms with E-state index in [2.05, 4.69) is 66.8 Å². The Bertz CT molecular complexity index is 1240. The smallest absolute Gasteiger partial charge is 0.0216 e. The molecule has 0 heteroatoms. The molecule has 0 nitrogen and oxygen atoms in total. The summed E-state index contributed by atoms with van der Waals surface area (Å²) >= 11 is 0. The zero-order chi connectivity index (χ0) is 18.1. The van der Waals surface area contributed by atoms with Gasteiger partial charge in [0.1, 0.15) is 0 Å². The molecule has 0 radical (unpaired) electrons. The van der Waals surface area contributed by atoms with Gasteiger partial charge >= 0.3 is 0 Å². The Balaban J connectivity index is 1.40. The fraction of sp³-hybridized carbons (Fsp3) is 0.286. The molecule has 8 aliphatic carbocycles. The highest BCUT2D eigenvalue weighted by molar-refractivity contribution is 5.85. The van der Waals surface area contributed by atoms with Crippen molar-refractivity contribution in [2.75, 3.05) is 0 Å². The summed E-state index contributed by atoms with van der Waals surface area (Å²) in [5.74, 6) is 0.713. The second-order valence-corrected chi connectivity index (χ2v) is 9.90. The van der Waals surface area contributed by atoms with Crippen molar-refractivity contribution in [2.24, 2.45) is 5.92 Å². The second-order valence-electron chi connectivity index (χ2n) is 9.90. The minimum absolute atomic E-state index is 0.231. The van der Waals surface area contributed by atoms with Crippen molar-refractivity contribution in [3.8, 4) is 11.1 Å². The van der Waals surface area contributed by atoms with Gasteiger partial charge in [-0.15, -0.1) is 0 Å². The SMILES string of the molecule is C1=CC2CC2(c2cc3c(-c4ccc5cc4C5)c(c2C24C=CC(=CC2)C4)C3)C=C1. The lowest BCUT2D eigenvalue weighted by atomic mass is 9.63. The molecule has 0 amide bonds. The van der Waals surface area contributed by atoms with Crippen LogP contribution < -0.4 is 0 Å². The summed E-state index contributed by atoms with van der Waals surface area (Å²) in [5.41, 5.74) is 14.9. The van der Waals surface area contributed by atoms with Crippen LogP contribution in [0.3, 0.4) is 0 Å². The average molecular weight is 358 g/mol. The Morgan fingerprint density at radius 1 is 0.964 bits per heavy atom. The van der Waals surface area contributed by atoms with Gasteiger partial charge in [0.25, 0.3) is 0 Å². The molecule has 134 valence electrons. The molecule has 0 aromatic heterocycles. The molecular weight excluding hydrogens is 336 g/mol. The van der Waals surface area contributed by atoms with E-state index in [9.17, 15) is 0 Å². The third-order valence-electron chi connectivity index (χ3n) is 8.48.